The molecule has 0 saturated carbocycles. The summed E-state index contributed by atoms with van der Waals surface area (Å²) in [6.45, 7) is 7.55. The van der Waals surface area contributed by atoms with Gasteiger partial charge in [-0.25, -0.2) is 8.78 Å². The first-order valence-electron chi connectivity index (χ1n) is 8.10. The molecule has 0 saturated heterocycles. The number of benzene rings is 1. The molecular weight excluding hydrogens is 346 g/mol. The number of alkyl halides is 1. The molecule has 0 aliphatic heterocycles. The number of ether oxygens (including phenoxy) is 2. The maximum absolute atomic E-state index is 12.6. The molecule has 0 aliphatic carbocycles. The van der Waals surface area contributed by atoms with E-state index < -0.39 is 6.36 Å². The van der Waals surface area contributed by atoms with Crippen molar-refractivity contribution in [1.82, 2.24) is 5.32 Å². The van der Waals surface area contributed by atoms with Gasteiger partial charge in [0.1, 0.15) is 11.4 Å². The van der Waals surface area contributed by atoms with Gasteiger partial charge in [-0.15, -0.1) is 0 Å². The molecule has 1 aromatic rings. The van der Waals surface area contributed by atoms with Gasteiger partial charge < -0.3 is 20.5 Å². The zero-order valence-electron chi connectivity index (χ0n) is 16.1. The Hall–Kier alpha value is -2.06. The van der Waals surface area contributed by atoms with Gasteiger partial charge in [-0.3, -0.25) is 9.59 Å². The summed E-state index contributed by atoms with van der Waals surface area (Å²) in [6, 6.07) is 5.84. The van der Waals surface area contributed by atoms with Crippen molar-refractivity contribution in [2.24, 2.45) is 5.73 Å². The fraction of sp³-hybridized carbons (Fsp3) is 0.556. The number of rotatable bonds is 7. The molecule has 8 heteroatoms. The second kappa shape index (κ2) is 15.2. The van der Waals surface area contributed by atoms with Crippen LogP contribution in [-0.4, -0.2) is 38.0 Å². The Morgan fingerprint density at radius 3 is 2.19 bits per heavy atom. The number of carbonyl (C=O) groups is 2. The van der Waals surface area contributed by atoms with Crippen LogP contribution in [0.25, 0.3) is 0 Å². The number of nitrogens with one attached hydrogen (secondary N) is 1. The number of nitrogens with two attached hydrogens (primary N) is 1. The third-order valence-electron chi connectivity index (χ3n) is 2.48. The quantitative estimate of drug-likeness (QED) is 0.714. The molecule has 0 spiro atoms. The highest BCUT2D eigenvalue weighted by Gasteiger charge is 2.07. The van der Waals surface area contributed by atoms with Gasteiger partial charge in [-0.05, 0) is 52.4 Å². The normalized spacial score (nSPS) is 11.1. The van der Waals surface area contributed by atoms with Crippen LogP contribution in [0.2, 0.25) is 0 Å². The Morgan fingerprint density at radius 2 is 1.81 bits per heavy atom. The summed E-state index contributed by atoms with van der Waals surface area (Å²) in [5, 5.41) is 2.63. The zero-order valence-corrected chi connectivity index (χ0v) is 16.1. The van der Waals surface area contributed by atoms with Crippen LogP contribution in [-0.2, 0) is 25.6 Å². The van der Waals surface area contributed by atoms with E-state index in [1.165, 1.54) is 26.1 Å². The topological polar surface area (TPSA) is 90.6 Å². The van der Waals surface area contributed by atoms with E-state index in [0.717, 1.165) is 5.56 Å². The summed E-state index contributed by atoms with van der Waals surface area (Å²) in [6.07, 6.45) is -1.25. The number of carbonyl (C=O) groups excluding carboxylic acids is 2. The van der Waals surface area contributed by atoms with Crippen LogP contribution in [0.15, 0.2) is 24.3 Å². The third kappa shape index (κ3) is 18.3. The average Bonchev–Trinajstić information content (AvgIpc) is 2.55. The van der Waals surface area contributed by atoms with Crippen molar-refractivity contribution in [2.75, 3.05) is 13.7 Å². The Morgan fingerprint density at radius 1 is 1.27 bits per heavy atom. The van der Waals surface area contributed by atoms with Crippen molar-refractivity contribution in [1.29, 1.82) is 0 Å². The molecule has 0 fully saturated rings. The van der Waals surface area contributed by atoms with Gasteiger partial charge in [0.25, 0.3) is 6.47 Å². The molecule has 26 heavy (non-hydrogen) atoms. The lowest BCUT2D eigenvalue weighted by Crippen LogP contribution is -2.24. The van der Waals surface area contributed by atoms with Crippen molar-refractivity contribution >= 4 is 12.4 Å². The standard InChI is InChI=1S/C12H15F2NO2.C5H10O2.CH5N/c1-9(13)17-7-6-12(16)15-8-10-2-4-11(14)5-3-10;1-5(2,3)7-4-6;1-2/h2-5,9H,6-8H2,1H3,(H,15,16);4H,1-3H3;2H2,1H3. The molecule has 1 unspecified atom stereocenters. The van der Waals surface area contributed by atoms with Gasteiger partial charge in [-0.2, -0.15) is 0 Å². The highest BCUT2D eigenvalue weighted by molar-refractivity contribution is 5.75. The molecule has 3 N–H and O–H groups in total. The summed E-state index contributed by atoms with van der Waals surface area (Å²) >= 11 is 0. The van der Waals surface area contributed by atoms with Crippen LogP contribution in [0.3, 0.4) is 0 Å². The number of amides is 1. The van der Waals surface area contributed by atoms with E-state index >= 15 is 0 Å². The Balaban J connectivity index is 0. The predicted octanol–water partition coefficient (Wildman–Crippen LogP) is 2.70. The minimum atomic E-state index is -1.36. The number of hydrogen-bond acceptors (Lipinski definition) is 5. The summed E-state index contributed by atoms with van der Waals surface area (Å²) in [7, 11) is 1.50. The molecular formula is C18H30F2N2O4. The second-order valence-corrected chi connectivity index (χ2v) is 5.89. The van der Waals surface area contributed by atoms with Gasteiger partial charge in [-0.1, -0.05) is 12.1 Å². The van der Waals surface area contributed by atoms with Gasteiger partial charge >= 0.3 is 0 Å². The fourth-order valence-corrected chi connectivity index (χ4v) is 1.35. The summed E-state index contributed by atoms with van der Waals surface area (Å²) in [5.41, 5.74) is 4.99. The third-order valence-corrected chi connectivity index (χ3v) is 2.48. The minimum absolute atomic E-state index is 0.0485. The number of halogens is 2. The Kier molecular flexibility index (Phi) is 15.3. The largest absolute Gasteiger partial charge is 0.462 e. The van der Waals surface area contributed by atoms with Gasteiger partial charge in [0.05, 0.1) is 13.0 Å². The van der Waals surface area contributed by atoms with E-state index in [4.69, 9.17) is 0 Å². The van der Waals surface area contributed by atoms with Crippen LogP contribution >= 0.6 is 0 Å². The maximum Gasteiger partial charge on any atom is 0.293 e. The van der Waals surface area contributed by atoms with E-state index in [0.29, 0.717) is 13.0 Å². The smallest absolute Gasteiger partial charge is 0.293 e. The first kappa shape index (κ1) is 26.2. The molecule has 0 aromatic heterocycles. The lowest BCUT2D eigenvalue weighted by atomic mass is 10.2. The molecule has 1 amide bonds. The summed E-state index contributed by atoms with van der Waals surface area (Å²) < 4.78 is 34.0. The van der Waals surface area contributed by atoms with Crippen LogP contribution in [0.5, 0.6) is 0 Å². The maximum atomic E-state index is 12.6. The van der Waals surface area contributed by atoms with E-state index in [2.05, 4.69) is 20.5 Å². The lowest BCUT2D eigenvalue weighted by Gasteiger charge is -2.14. The second-order valence-electron chi connectivity index (χ2n) is 5.89. The molecule has 6 nitrogen and oxygen atoms in total. The first-order valence-corrected chi connectivity index (χ1v) is 8.10. The molecule has 150 valence electrons. The van der Waals surface area contributed by atoms with Crippen molar-refractivity contribution < 1.29 is 27.8 Å². The molecule has 1 atom stereocenters. The van der Waals surface area contributed by atoms with Crippen molar-refractivity contribution in [3.8, 4) is 0 Å². The van der Waals surface area contributed by atoms with Crippen molar-refractivity contribution in [3.05, 3.63) is 35.6 Å². The molecule has 0 aliphatic rings. The van der Waals surface area contributed by atoms with E-state index in [1.54, 1.807) is 12.1 Å². The SMILES string of the molecule is CC(C)(C)OC=O.CC(F)OCCC(=O)NCc1ccc(F)cc1.CN. The van der Waals surface area contributed by atoms with Crippen LogP contribution in [0.4, 0.5) is 8.78 Å². The fourth-order valence-electron chi connectivity index (χ4n) is 1.35. The van der Waals surface area contributed by atoms with Crippen LogP contribution < -0.4 is 11.1 Å². The molecule has 0 radical (unpaired) electrons. The Bertz CT molecular complexity index is 489. The van der Waals surface area contributed by atoms with E-state index in [-0.39, 0.29) is 30.4 Å². The highest BCUT2D eigenvalue weighted by atomic mass is 19.1. The highest BCUT2D eigenvalue weighted by Crippen LogP contribution is 2.03. The van der Waals surface area contributed by atoms with E-state index in [9.17, 15) is 18.4 Å². The minimum Gasteiger partial charge on any atom is -0.462 e. The molecule has 1 rings (SSSR count). The predicted molar refractivity (Wildman–Crippen MR) is 96.4 cm³/mol. The van der Waals surface area contributed by atoms with Gasteiger partial charge in [0.15, 0.2) is 6.36 Å². The van der Waals surface area contributed by atoms with Crippen molar-refractivity contribution in [3.63, 3.8) is 0 Å². The molecule has 0 heterocycles. The summed E-state index contributed by atoms with van der Waals surface area (Å²) in [5.74, 6) is -0.541. The first-order chi connectivity index (χ1) is 12.1. The van der Waals surface area contributed by atoms with Crippen LogP contribution in [0.1, 0.15) is 39.7 Å². The summed E-state index contributed by atoms with van der Waals surface area (Å²) in [4.78, 5) is 20.9. The zero-order chi connectivity index (χ0) is 20.6. The molecule has 0 bridgehead atoms. The molecule has 1 aromatic carbocycles. The lowest BCUT2D eigenvalue weighted by molar-refractivity contribution is -0.138. The van der Waals surface area contributed by atoms with E-state index in [1.807, 2.05) is 20.8 Å². The monoisotopic (exact) mass is 376 g/mol. The number of hydrogen-bond donors (Lipinski definition) is 2. The van der Waals surface area contributed by atoms with Gasteiger partial charge in [0, 0.05) is 6.54 Å². The van der Waals surface area contributed by atoms with Crippen LogP contribution in [0, 0.1) is 5.82 Å². The Labute approximate surface area is 154 Å². The average molecular weight is 376 g/mol. The van der Waals surface area contributed by atoms with Crippen molar-refractivity contribution in [2.45, 2.75) is 52.6 Å². The van der Waals surface area contributed by atoms with Gasteiger partial charge in [0.2, 0.25) is 5.91 Å².